The molecule has 3 heterocycles. The standard InChI is InChI=1S/C59H57N3O/c1-56(2,3)36-22-26-47-42(30-36)43-31-37(57(4,5)6)23-27-48(43)61(47)51-34-46(60-13)53(55-52(51)41-21-17-20-40(54(41)63-55)35-18-15-14-16-19-35)62-49-28-24-38(58(7,8)9)32-44(49)45-33-39(59(10,11)12)25-29-50(45)62/h14-34H,1-12H3. The Bertz CT molecular complexity index is 3390. The highest BCUT2D eigenvalue weighted by molar-refractivity contribution is 6.20. The van der Waals surface area contributed by atoms with E-state index in [2.05, 4.69) is 224 Å². The van der Waals surface area contributed by atoms with Crippen molar-refractivity contribution >= 4 is 71.2 Å². The van der Waals surface area contributed by atoms with Gasteiger partial charge in [-0.3, -0.25) is 0 Å². The fourth-order valence-electron chi connectivity index (χ4n) is 9.66. The molecular weight excluding hydrogens is 767 g/mol. The Morgan fingerprint density at radius 2 is 0.857 bits per heavy atom. The molecule has 10 aromatic rings. The third-order valence-electron chi connectivity index (χ3n) is 13.4. The zero-order chi connectivity index (χ0) is 44.5. The van der Waals surface area contributed by atoms with Crippen molar-refractivity contribution in [3.8, 4) is 22.5 Å². The van der Waals surface area contributed by atoms with Gasteiger partial charge in [0.2, 0.25) is 5.69 Å². The van der Waals surface area contributed by atoms with Crippen LogP contribution in [-0.4, -0.2) is 9.13 Å². The lowest BCUT2D eigenvalue weighted by atomic mass is 9.85. The van der Waals surface area contributed by atoms with Gasteiger partial charge in [-0.25, -0.2) is 4.85 Å². The van der Waals surface area contributed by atoms with Gasteiger partial charge in [-0.2, -0.15) is 0 Å². The minimum Gasteiger partial charge on any atom is -0.454 e. The molecule has 0 fully saturated rings. The molecule has 10 rings (SSSR count). The lowest BCUT2D eigenvalue weighted by Gasteiger charge is -2.20. The number of nitrogens with zero attached hydrogens (tertiary/aromatic N) is 3. The summed E-state index contributed by atoms with van der Waals surface area (Å²) in [5.74, 6) is 0. The third kappa shape index (κ3) is 6.38. The predicted molar refractivity (Wildman–Crippen MR) is 269 cm³/mol. The van der Waals surface area contributed by atoms with Crippen molar-refractivity contribution in [1.29, 1.82) is 0 Å². The monoisotopic (exact) mass is 823 g/mol. The first kappa shape index (κ1) is 40.5. The van der Waals surface area contributed by atoms with E-state index in [0.717, 1.165) is 60.9 Å². The summed E-state index contributed by atoms with van der Waals surface area (Å²) in [5, 5.41) is 6.74. The largest absolute Gasteiger partial charge is 0.454 e. The van der Waals surface area contributed by atoms with Crippen molar-refractivity contribution in [3.63, 3.8) is 0 Å². The molecular formula is C59H57N3O. The fraction of sp³-hybridized carbons (Fsp3) is 0.271. The smallest absolute Gasteiger partial charge is 0.216 e. The lowest BCUT2D eigenvalue weighted by Crippen LogP contribution is -2.10. The second-order valence-electron chi connectivity index (χ2n) is 21.8. The molecule has 4 heteroatoms. The summed E-state index contributed by atoms with van der Waals surface area (Å²) in [6.07, 6.45) is 0. The molecule has 0 unspecified atom stereocenters. The van der Waals surface area contributed by atoms with E-state index in [0.29, 0.717) is 11.3 Å². The first-order valence-electron chi connectivity index (χ1n) is 22.4. The predicted octanol–water partition coefficient (Wildman–Crippen LogP) is 17.2. The van der Waals surface area contributed by atoms with Gasteiger partial charge >= 0.3 is 0 Å². The second-order valence-corrected chi connectivity index (χ2v) is 21.8. The highest BCUT2D eigenvalue weighted by Crippen LogP contribution is 2.49. The quantitative estimate of drug-likeness (QED) is 0.163. The summed E-state index contributed by atoms with van der Waals surface area (Å²) in [6.45, 7) is 36.3. The Labute approximate surface area is 371 Å². The maximum Gasteiger partial charge on any atom is 0.216 e. The van der Waals surface area contributed by atoms with Crippen LogP contribution in [0.2, 0.25) is 0 Å². The van der Waals surface area contributed by atoms with Crippen molar-refractivity contribution in [1.82, 2.24) is 9.13 Å². The van der Waals surface area contributed by atoms with Crippen LogP contribution in [0.1, 0.15) is 105 Å². The van der Waals surface area contributed by atoms with Crippen LogP contribution in [0.15, 0.2) is 132 Å². The van der Waals surface area contributed by atoms with Crippen LogP contribution in [0.3, 0.4) is 0 Å². The second kappa shape index (κ2) is 13.7. The SMILES string of the molecule is [C-]#[N+]c1cc(-n2c3ccc(C(C)(C)C)cc3c3cc(C(C)(C)C)ccc32)c2c(oc3c(-c4ccccc4)cccc32)c1-n1c2ccc(C(C)(C)C)cc2c2cc(C(C)(C)C)ccc21. The number of para-hydroxylation sites is 1. The summed E-state index contributed by atoms with van der Waals surface area (Å²) in [4.78, 5) is 4.43. The molecule has 0 bridgehead atoms. The van der Waals surface area contributed by atoms with Crippen LogP contribution in [0.4, 0.5) is 5.69 Å². The van der Waals surface area contributed by atoms with Crippen molar-refractivity contribution < 1.29 is 4.42 Å². The number of furan rings is 1. The lowest BCUT2D eigenvalue weighted by molar-refractivity contribution is 0.590. The number of aromatic nitrogens is 2. The molecule has 3 aromatic heterocycles. The van der Waals surface area contributed by atoms with E-state index in [1.54, 1.807) is 0 Å². The van der Waals surface area contributed by atoms with E-state index < -0.39 is 0 Å². The molecule has 0 atom stereocenters. The van der Waals surface area contributed by atoms with E-state index >= 15 is 0 Å². The van der Waals surface area contributed by atoms with E-state index in [-0.39, 0.29) is 21.7 Å². The zero-order valence-corrected chi connectivity index (χ0v) is 38.9. The Balaban J connectivity index is 1.40. The highest BCUT2D eigenvalue weighted by Gasteiger charge is 2.29. The molecule has 0 saturated heterocycles. The summed E-state index contributed by atoms with van der Waals surface area (Å²) >= 11 is 0. The maximum absolute atomic E-state index is 9.02. The van der Waals surface area contributed by atoms with Crippen LogP contribution < -0.4 is 0 Å². The fourth-order valence-corrected chi connectivity index (χ4v) is 9.66. The number of fused-ring (bicyclic) bond motifs is 9. The van der Waals surface area contributed by atoms with Crippen molar-refractivity contribution in [2.45, 2.75) is 105 Å². The summed E-state index contributed by atoms with van der Waals surface area (Å²) in [7, 11) is 0. The minimum absolute atomic E-state index is 0.0331. The summed E-state index contributed by atoms with van der Waals surface area (Å²) in [6, 6.07) is 46.8. The third-order valence-corrected chi connectivity index (χ3v) is 13.4. The molecule has 0 radical (unpaired) electrons. The number of rotatable bonds is 3. The molecule has 314 valence electrons. The minimum atomic E-state index is -0.0446. The summed E-state index contributed by atoms with van der Waals surface area (Å²) in [5.41, 5.74) is 15.1. The van der Waals surface area contributed by atoms with Crippen LogP contribution >= 0.6 is 0 Å². The van der Waals surface area contributed by atoms with E-state index in [1.807, 2.05) is 0 Å². The molecule has 0 amide bonds. The Morgan fingerprint density at radius 1 is 0.429 bits per heavy atom. The molecule has 4 nitrogen and oxygen atoms in total. The van der Waals surface area contributed by atoms with Gasteiger partial charge in [0, 0.05) is 38.2 Å². The van der Waals surface area contributed by atoms with E-state index in [9.17, 15) is 0 Å². The van der Waals surface area contributed by atoms with Crippen LogP contribution in [-0.2, 0) is 21.7 Å². The van der Waals surface area contributed by atoms with E-state index in [4.69, 9.17) is 11.0 Å². The van der Waals surface area contributed by atoms with Crippen molar-refractivity contribution in [2.24, 2.45) is 0 Å². The zero-order valence-electron chi connectivity index (χ0n) is 38.9. The first-order chi connectivity index (χ1) is 29.7. The molecule has 0 aliphatic rings. The van der Waals surface area contributed by atoms with Gasteiger partial charge in [0.15, 0.2) is 5.58 Å². The Morgan fingerprint density at radius 3 is 1.27 bits per heavy atom. The highest BCUT2D eigenvalue weighted by atomic mass is 16.3. The van der Waals surface area contributed by atoms with E-state index in [1.165, 1.54) is 43.8 Å². The maximum atomic E-state index is 9.02. The molecule has 63 heavy (non-hydrogen) atoms. The van der Waals surface area contributed by atoms with Crippen LogP contribution in [0.25, 0.3) is 92.9 Å². The molecule has 0 aliphatic carbocycles. The van der Waals surface area contributed by atoms with Gasteiger partial charge in [0.1, 0.15) is 5.58 Å². The van der Waals surface area contributed by atoms with Gasteiger partial charge in [-0.1, -0.05) is 156 Å². The van der Waals surface area contributed by atoms with Gasteiger partial charge in [0.25, 0.3) is 0 Å². The average molecular weight is 824 g/mol. The van der Waals surface area contributed by atoms with Gasteiger partial charge in [-0.05, 0) is 104 Å². The molecule has 0 saturated carbocycles. The van der Waals surface area contributed by atoms with Gasteiger partial charge in [0.05, 0.1) is 39.7 Å². The van der Waals surface area contributed by atoms with Crippen molar-refractivity contribution in [3.05, 3.63) is 161 Å². The Hall–Kier alpha value is -6.57. The normalized spacial score (nSPS) is 13.1. The number of benzene rings is 7. The number of hydrogen-bond donors (Lipinski definition) is 0. The van der Waals surface area contributed by atoms with Crippen molar-refractivity contribution in [2.75, 3.05) is 0 Å². The first-order valence-corrected chi connectivity index (χ1v) is 22.4. The molecule has 0 aliphatic heterocycles. The van der Waals surface area contributed by atoms with Gasteiger partial charge in [-0.15, -0.1) is 0 Å². The van der Waals surface area contributed by atoms with Crippen LogP contribution in [0.5, 0.6) is 0 Å². The van der Waals surface area contributed by atoms with Gasteiger partial charge < -0.3 is 13.6 Å². The Kier molecular flexibility index (Phi) is 8.82. The topological polar surface area (TPSA) is 27.4 Å². The molecule has 0 N–H and O–H groups in total. The number of hydrogen-bond acceptors (Lipinski definition) is 1. The average Bonchev–Trinajstić information content (AvgIpc) is 3.89. The summed E-state index contributed by atoms with van der Waals surface area (Å²) < 4.78 is 12.1. The molecule has 7 aromatic carbocycles. The molecule has 0 spiro atoms. The van der Waals surface area contributed by atoms with Crippen LogP contribution in [0, 0.1) is 6.57 Å².